The van der Waals surface area contributed by atoms with Gasteiger partial charge in [-0.15, -0.1) is 0 Å². The molecule has 0 aliphatic rings. The van der Waals surface area contributed by atoms with Gasteiger partial charge in [0.15, 0.2) is 5.69 Å². The molecule has 0 radical (unpaired) electrons. The molecule has 0 saturated carbocycles. The standard InChI is InChI=1S/C18H16F4N6O/c1-3-28-16(19)12(10-24-28)9-23-27-17-25-14(8-15(26-17)18(20,21)22)11-5-4-6-13(7-11)29-2/h4-10H,3H2,1-2H3,(H,25,26,27)/b23-9+. The van der Waals surface area contributed by atoms with E-state index in [1.54, 1.807) is 31.2 Å². The number of aryl methyl sites for hydroxylation is 1. The molecule has 7 nitrogen and oxygen atoms in total. The summed E-state index contributed by atoms with van der Waals surface area (Å²) in [6, 6.07) is 7.25. The summed E-state index contributed by atoms with van der Waals surface area (Å²) in [6.07, 6.45) is -2.35. The quantitative estimate of drug-likeness (QED) is 0.379. The number of ether oxygens (including phenoxy) is 1. The van der Waals surface area contributed by atoms with Gasteiger partial charge in [-0.3, -0.25) is 0 Å². The Labute approximate surface area is 163 Å². The Morgan fingerprint density at radius 2 is 2.03 bits per heavy atom. The van der Waals surface area contributed by atoms with Crippen LogP contribution in [0.5, 0.6) is 5.75 Å². The largest absolute Gasteiger partial charge is 0.497 e. The fourth-order valence-electron chi connectivity index (χ4n) is 2.42. The second-order valence-corrected chi connectivity index (χ2v) is 5.77. The molecule has 11 heteroatoms. The summed E-state index contributed by atoms with van der Waals surface area (Å²) in [7, 11) is 1.45. The Morgan fingerprint density at radius 3 is 2.69 bits per heavy atom. The molecule has 1 N–H and O–H groups in total. The predicted octanol–water partition coefficient (Wildman–Crippen LogP) is 3.97. The van der Waals surface area contributed by atoms with Gasteiger partial charge in [0, 0.05) is 12.1 Å². The van der Waals surface area contributed by atoms with Gasteiger partial charge in [-0.2, -0.15) is 27.8 Å². The first-order valence-corrected chi connectivity index (χ1v) is 8.43. The molecule has 29 heavy (non-hydrogen) atoms. The monoisotopic (exact) mass is 408 g/mol. The van der Waals surface area contributed by atoms with E-state index in [-0.39, 0.29) is 11.3 Å². The average Bonchev–Trinajstić information content (AvgIpc) is 3.07. The number of methoxy groups -OCH3 is 1. The highest BCUT2D eigenvalue weighted by Gasteiger charge is 2.34. The summed E-state index contributed by atoms with van der Waals surface area (Å²) in [5, 5.41) is 7.53. The summed E-state index contributed by atoms with van der Waals surface area (Å²) < 4.78 is 59.9. The van der Waals surface area contributed by atoms with Crippen molar-refractivity contribution in [2.24, 2.45) is 5.10 Å². The van der Waals surface area contributed by atoms with Crippen molar-refractivity contribution in [2.45, 2.75) is 19.6 Å². The first-order chi connectivity index (χ1) is 13.8. The Morgan fingerprint density at radius 1 is 1.24 bits per heavy atom. The Kier molecular flexibility index (Phi) is 5.76. The van der Waals surface area contributed by atoms with Crippen LogP contribution in [0.1, 0.15) is 18.2 Å². The van der Waals surface area contributed by atoms with Gasteiger partial charge in [-0.05, 0) is 25.1 Å². The van der Waals surface area contributed by atoms with Gasteiger partial charge < -0.3 is 4.74 Å². The van der Waals surface area contributed by atoms with Crippen LogP contribution in [-0.2, 0) is 12.7 Å². The lowest BCUT2D eigenvalue weighted by atomic mass is 10.1. The van der Waals surface area contributed by atoms with Gasteiger partial charge in [0.1, 0.15) is 5.75 Å². The molecule has 0 spiro atoms. The third-order valence-electron chi connectivity index (χ3n) is 3.85. The Hall–Kier alpha value is -3.50. The van der Waals surface area contributed by atoms with Crippen molar-refractivity contribution in [1.29, 1.82) is 0 Å². The lowest BCUT2D eigenvalue weighted by Crippen LogP contribution is -2.11. The average molecular weight is 408 g/mol. The number of nitrogens with zero attached hydrogens (tertiary/aromatic N) is 5. The molecule has 0 amide bonds. The number of aromatic nitrogens is 4. The van der Waals surface area contributed by atoms with E-state index < -0.39 is 23.8 Å². The molecule has 3 aromatic rings. The van der Waals surface area contributed by atoms with Crippen molar-refractivity contribution in [3.05, 3.63) is 53.7 Å². The van der Waals surface area contributed by atoms with Crippen molar-refractivity contribution < 1.29 is 22.3 Å². The fourth-order valence-corrected chi connectivity index (χ4v) is 2.42. The molecule has 0 bridgehead atoms. The summed E-state index contributed by atoms with van der Waals surface area (Å²) >= 11 is 0. The van der Waals surface area contributed by atoms with Gasteiger partial charge in [-0.25, -0.2) is 20.1 Å². The molecule has 0 atom stereocenters. The topological polar surface area (TPSA) is 77.2 Å². The first-order valence-electron chi connectivity index (χ1n) is 8.43. The molecule has 152 valence electrons. The zero-order chi connectivity index (χ0) is 21.0. The highest BCUT2D eigenvalue weighted by molar-refractivity contribution is 5.79. The van der Waals surface area contributed by atoms with Crippen molar-refractivity contribution in [3.63, 3.8) is 0 Å². The molecule has 0 aliphatic carbocycles. The van der Waals surface area contributed by atoms with E-state index in [1.807, 2.05) is 0 Å². The molecule has 0 unspecified atom stereocenters. The number of nitrogens with one attached hydrogen (secondary N) is 1. The number of rotatable bonds is 6. The number of halogens is 4. The maximum atomic E-state index is 13.9. The Balaban J connectivity index is 1.93. The number of anilines is 1. The van der Waals surface area contributed by atoms with Crippen molar-refractivity contribution in [3.8, 4) is 17.0 Å². The Bertz CT molecular complexity index is 1030. The maximum absolute atomic E-state index is 13.9. The second kappa shape index (κ2) is 8.25. The minimum absolute atomic E-state index is 0.0221. The number of hydrogen-bond acceptors (Lipinski definition) is 6. The van der Waals surface area contributed by atoms with Crippen LogP contribution in [0.3, 0.4) is 0 Å². The van der Waals surface area contributed by atoms with Crippen LogP contribution >= 0.6 is 0 Å². The van der Waals surface area contributed by atoms with E-state index in [1.165, 1.54) is 13.3 Å². The third kappa shape index (κ3) is 4.68. The van der Waals surface area contributed by atoms with E-state index in [9.17, 15) is 17.6 Å². The molecule has 3 rings (SSSR count). The van der Waals surface area contributed by atoms with Crippen molar-refractivity contribution in [1.82, 2.24) is 19.7 Å². The molecule has 0 aliphatic heterocycles. The van der Waals surface area contributed by atoms with Crippen LogP contribution in [0.4, 0.5) is 23.5 Å². The summed E-state index contributed by atoms with van der Waals surface area (Å²) in [6.45, 7) is 2.04. The van der Waals surface area contributed by atoms with Crippen LogP contribution < -0.4 is 10.2 Å². The van der Waals surface area contributed by atoms with Crippen LogP contribution in [0.25, 0.3) is 11.3 Å². The minimum atomic E-state index is -4.69. The number of benzene rings is 1. The van der Waals surface area contributed by atoms with Crippen LogP contribution in [0, 0.1) is 5.95 Å². The summed E-state index contributed by atoms with van der Waals surface area (Å²) in [5.41, 5.74) is 1.66. The third-order valence-corrected chi connectivity index (χ3v) is 3.85. The lowest BCUT2D eigenvalue weighted by molar-refractivity contribution is -0.141. The summed E-state index contributed by atoms with van der Waals surface area (Å²) in [5.74, 6) is -0.539. The number of alkyl halides is 3. The van der Waals surface area contributed by atoms with Gasteiger partial charge >= 0.3 is 6.18 Å². The van der Waals surface area contributed by atoms with Gasteiger partial charge in [0.05, 0.1) is 30.8 Å². The number of hydrogen-bond donors (Lipinski definition) is 1. The van der Waals surface area contributed by atoms with Crippen molar-refractivity contribution >= 4 is 12.2 Å². The molecule has 0 fully saturated rings. The van der Waals surface area contributed by atoms with Gasteiger partial charge in [0.25, 0.3) is 0 Å². The number of hydrazone groups is 1. The second-order valence-electron chi connectivity index (χ2n) is 5.77. The molecule has 2 aromatic heterocycles. The smallest absolute Gasteiger partial charge is 0.433 e. The summed E-state index contributed by atoms with van der Waals surface area (Å²) in [4.78, 5) is 7.50. The minimum Gasteiger partial charge on any atom is -0.497 e. The maximum Gasteiger partial charge on any atom is 0.433 e. The molecular formula is C18H16F4N6O. The first kappa shape index (κ1) is 20.2. The molecule has 1 aromatic carbocycles. The zero-order valence-electron chi connectivity index (χ0n) is 15.4. The van der Waals surface area contributed by atoms with E-state index in [0.717, 1.165) is 17.0 Å². The molecule has 0 saturated heterocycles. The fraction of sp³-hybridized carbons (Fsp3) is 0.222. The highest BCUT2D eigenvalue weighted by Crippen LogP contribution is 2.32. The normalized spacial score (nSPS) is 11.8. The lowest BCUT2D eigenvalue weighted by Gasteiger charge is -2.10. The highest BCUT2D eigenvalue weighted by atomic mass is 19.4. The van der Waals surface area contributed by atoms with E-state index in [0.29, 0.717) is 17.9 Å². The van der Waals surface area contributed by atoms with Crippen molar-refractivity contribution in [2.75, 3.05) is 12.5 Å². The molecular weight excluding hydrogens is 392 g/mol. The van der Waals surface area contributed by atoms with E-state index in [2.05, 4.69) is 25.6 Å². The predicted molar refractivity (Wildman–Crippen MR) is 98.1 cm³/mol. The molecule has 2 heterocycles. The SMILES string of the molecule is CCn1ncc(/C=N/Nc2nc(-c3cccc(OC)c3)cc(C(F)(F)F)n2)c1F. The van der Waals surface area contributed by atoms with Gasteiger partial charge in [-0.1, -0.05) is 12.1 Å². The van der Waals surface area contributed by atoms with E-state index >= 15 is 0 Å². The zero-order valence-corrected chi connectivity index (χ0v) is 15.4. The van der Waals surface area contributed by atoms with Crippen LogP contribution in [-0.4, -0.2) is 33.1 Å². The van der Waals surface area contributed by atoms with Gasteiger partial charge in [0.2, 0.25) is 11.9 Å². The van der Waals surface area contributed by atoms with E-state index in [4.69, 9.17) is 4.74 Å². The van der Waals surface area contributed by atoms with Crippen LogP contribution in [0.2, 0.25) is 0 Å². The van der Waals surface area contributed by atoms with Crippen LogP contribution in [0.15, 0.2) is 41.6 Å².